The van der Waals surface area contributed by atoms with Crippen LogP contribution in [-0.4, -0.2) is 14.5 Å². The van der Waals surface area contributed by atoms with Gasteiger partial charge in [-0.15, -0.1) is 0 Å². The first-order valence-electron chi connectivity index (χ1n) is 7.99. The quantitative estimate of drug-likeness (QED) is 0.458. The normalized spacial score (nSPS) is 13.3. The van der Waals surface area contributed by atoms with Crippen LogP contribution in [0.5, 0.6) is 0 Å². The van der Waals surface area contributed by atoms with Gasteiger partial charge in [0, 0.05) is 0 Å². The van der Waals surface area contributed by atoms with Gasteiger partial charge in [0.05, 0.1) is 11.0 Å². The topological polar surface area (TPSA) is 43.4 Å². The Morgan fingerprint density at radius 1 is 0.952 bits per heavy atom. The van der Waals surface area contributed by atoms with Crippen molar-refractivity contribution < 1.29 is 12.6 Å². The fourth-order valence-electron chi connectivity index (χ4n) is 2.23. The van der Waals surface area contributed by atoms with Gasteiger partial charge in [0.25, 0.3) is 10.1 Å². The van der Waals surface area contributed by atoms with E-state index < -0.39 is 10.1 Å². The van der Waals surface area contributed by atoms with Gasteiger partial charge in [0.2, 0.25) is 0 Å². The van der Waals surface area contributed by atoms with Gasteiger partial charge in [-0.25, -0.2) is 0 Å². The summed E-state index contributed by atoms with van der Waals surface area (Å²) in [6.07, 6.45) is 6.77. The highest BCUT2D eigenvalue weighted by atomic mass is 32.2. The molecule has 0 saturated heterocycles. The van der Waals surface area contributed by atoms with Gasteiger partial charge in [0.1, 0.15) is 0 Å². The second kappa shape index (κ2) is 9.21. The first-order valence-corrected chi connectivity index (χ1v) is 9.40. The minimum Gasteiger partial charge on any atom is -0.263 e. The van der Waals surface area contributed by atoms with Gasteiger partial charge in [-0.05, 0) is 31.9 Å². The van der Waals surface area contributed by atoms with Crippen LogP contribution in [0, 0.1) is 6.92 Å². The molecule has 0 bridgehead atoms. The van der Waals surface area contributed by atoms with Crippen molar-refractivity contribution >= 4 is 10.1 Å². The van der Waals surface area contributed by atoms with E-state index in [4.69, 9.17) is 4.18 Å². The fraction of sp³-hybridized carbons (Fsp3) is 0.647. The van der Waals surface area contributed by atoms with Crippen molar-refractivity contribution in [3.05, 3.63) is 29.8 Å². The SMILES string of the molecule is CCCCCC(CCCC)OS(=O)(=O)c1ccc(C)cc1. The summed E-state index contributed by atoms with van der Waals surface area (Å²) in [4.78, 5) is 0.255. The molecule has 0 aromatic heterocycles. The predicted molar refractivity (Wildman–Crippen MR) is 86.9 cm³/mol. The average molecular weight is 312 g/mol. The van der Waals surface area contributed by atoms with E-state index >= 15 is 0 Å². The van der Waals surface area contributed by atoms with Crippen molar-refractivity contribution in [2.45, 2.75) is 76.7 Å². The van der Waals surface area contributed by atoms with Gasteiger partial charge in [-0.2, -0.15) is 8.42 Å². The third-order valence-electron chi connectivity index (χ3n) is 3.58. The highest BCUT2D eigenvalue weighted by Gasteiger charge is 2.21. The Kier molecular flexibility index (Phi) is 7.97. The van der Waals surface area contributed by atoms with Crippen molar-refractivity contribution in [2.75, 3.05) is 0 Å². The Labute approximate surface area is 129 Å². The average Bonchev–Trinajstić information content (AvgIpc) is 2.45. The largest absolute Gasteiger partial charge is 0.297 e. The molecule has 1 aromatic carbocycles. The molecule has 0 N–H and O–H groups in total. The Bertz CT molecular complexity index is 491. The monoisotopic (exact) mass is 312 g/mol. The van der Waals surface area contributed by atoms with E-state index in [1.165, 1.54) is 0 Å². The lowest BCUT2D eigenvalue weighted by Gasteiger charge is -2.17. The second-order valence-corrected chi connectivity index (χ2v) is 7.20. The summed E-state index contributed by atoms with van der Waals surface area (Å²) in [5.41, 5.74) is 1.04. The van der Waals surface area contributed by atoms with Crippen molar-refractivity contribution in [2.24, 2.45) is 0 Å². The van der Waals surface area contributed by atoms with Crippen molar-refractivity contribution in [1.29, 1.82) is 0 Å². The smallest absolute Gasteiger partial charge is 0.263 e. The highest BCUT2D eigenvalue weighted by Crippen LogP contribution is 2.21. The predicted octanol–water partition coefficient (Wildman–Crippen LogP) is 4.84. The molecule has 120 valence electrons. The molecule has 0 fully saturated rings. The summed E-state index contributed by atoms with van der Waals surface area (Å²) >= 11 is 0. The maximum Gasteiger partial charge on any atom is 0.297 e. The van der Waals surface area contributed by atoms with E-state index in [0.717, 1.165) is 50.5 Å². The molecule has 0 amide bonds. The lowest BCUT2D eigenvalue weighted by Crippen LogP contribution is -2.19. The molecule has 1 atom stereocenters. The standard InChI is InChI=1S/C17H28O3S/c1-4-6-8-10-16(9-7-5-2)20-21(18,19)17-13-11-15(3)12-14-17/h11-14,16H,4-10H2,1-3H3. The van der Waals surface area contributed by atoms with Gasteiger partial charge in [-0.1, -0.05) is 63.6 Å². The van der Waals surface area contributed by atoms with Crippen LogP contribution in [0.4, 0.5) is 0 Å². The van der Waals surface area contributed by atoms with Crippen LogP contribution in [0.1, 0.15) is 64.4 Å². The van der Waals surface area contributed by atoms with Gasteiger partial charge in [-0.3, -0.25) is 4.18 Å². The number of hydrogen-bond acceptors (Lipinski definition) is 3. The number of unbranched alkanes of at least 4 members (excludes halogenated alkanes) is 3. The zero-order valence-electron chi connectivity index (χ0n) is 13.5. The Morgan fingerprint density at radius 3 is 2.10 bits per heavy atom. The van der Waals surface area contributed by atoms with Crippen molar-refractivity contribution in [1.82, 2.24) is 0 Å². The molecule has 0 aliphatic rings. The summed E-state index contributed by atoms with van der Waals surface area (Å²) in [5, 5.41) is 0. The molecule has 1 unspecified atom stereocenters. The molecule has 0 heterocycles. The summed E-state index contributed by atoms with van der Waals surface area (Å²) in [7, 11) is -3.64. The number of hydrogen-bond donors (Lipinski definition) is 0. The van der Waals surface area contributed by atoms with Crippen LogP contribution in [0.2, 0.25) is 0 Å². The van der Waals surface area contributed by atoms with Crippen LogP contribution in [-0.2, 0) is 14.3 Å². The molecular formula is C17H28O3S. The third-order valence-corrected chi connectivity index (χ3v) is 4.96. The minimum absolute atomic E-state index is 0.192. The van der Waals surface area contributed by atoms with Crippen LogP contribution in [0.3, 0.4) is 0 Å². The first-order chi connectivity index (χ1) is 9.99. The zero-order chi connectivity index (χ0) is 15.7. The molecule has 0 spiro atoms. The Morgan fingerprint density at radius 2 is 1.52 bits per heavy atom. The summed E-state index contributed by atoms with van der Waals surface area (Å²) in [5.74, 6) is 0. The van der Waals surface area contributed by atoms with E-state index in [0.29, 0.717) is 0 Å². The lowest BCUT2D eigenvalue weighted by atomic mass is 10.1. The molecule has 3 nitrogen and oxygen atoms in total. The molecule has 4 heteroatoms. The minimum atomic E-state index is -3.64. The summed E-state index contributed by atoms with van der Waals surface area (Å²) < 4.78 is 30.1. The van der Waals surface area contributed by atoms with Crippen LogP contribution in [0.25, 0.3) is 0 Å². The molecule has 1 aromatic rings. The molecule has 0 aliphatic carbocycles. The third kappa shape index (κ3) is 6.62. The molecule has 21 heavy (non-hydrogen) atoms. The highest BCUT2D eigenvalue weighted by molar-refractivity contribution is 7.86. The van der Waals surface area contributed by atoms with Gasteiger partial charge in [0.15, 0.2) is 0 Å². The number of benzene rings is 1. The molecule has 0 radical (unpaired) electrons. The Hall–Kier alpha value is -0.870. The maximum absolute atomic E-state index is 12.3. The van der Waals surface area contributed by atoms with Gasteiger partial charge >= 0.3 is 0 Å². The first kappa shape index (κ1) is 18.2. The molecule has 0 aliphatic heterocycles. The zero-order valence-corrected chi connectivity index (χ0v) is 14.3. The molecule has 1 rings (SSSR count). The van der Waals surface area contributed by atoms with E-state index in [1.807, 2.05) is 6.92 Å². The van der Waals surface area contributed by atoms with Crippen molar-refractivity contribution in [3.8, 4) is 0 Å². The number of rotatable bonds is 10. The van der Waals surface area contributed by atoms with E-state index in [1.54, 1.807) is 24.3 Å². The second-order valence-electron chi connectivity index (χ2n) is 5.62. The van der Waals surface area contributed by atoms with E-state index in [-0.39, 0.29) is 11.0 Å². The van der Waals surface area contributed by atoms with Crippen LogP contribution >= 0.6 is 0 Å². The van der Waals surface area contributed by atoms with Crippen LogP contribution in [0.15, 0.2) is 29.2 Å². The summed E-state index contributed by atoms with van der Waals surface area (Å²) in [6, 6.07) is 6.84. The maximum atomic E-state index is 12.3. The lowest BCUT2D eigenvalue weighted by molar-refractivity contribution is 0.181. The summed E-state index contributed by atoms with van der Waals surface area (Å²) in [6.45, 7) is 6.19. The van der Waals surface area contributed by atoms with Crippen molar-refractivity contribution in [3.63, 3.8) is 0 Å². The molecular weight excluding hydrogens is 284 g/mol. The van der Waals surface area contributed by atoms with E-state index in [9.17, 15) is 8.42 Å². The van der Waals surface area contributed by atoms with Crippen LogP contribution < -0.4 is 0 Å². The number of aryl methyl sites for hydroxylation is 1. The fourth-order valence-corrected chi connectivity index (χ4v) is 3.37. The molecule has 0 saturated carbocycles. The van der Waals surface area contributed by atoms with Gasteiger partial charge < -0.3 is 0 Å². The Balaban J connectivity index is 2.72. The van der Waals surface area contributed by atoms with E-state index in [2.05, 4.69) is 13.8 Å².